The van der Waals surface area contributed by atoms with Crippen LogP contribution in [0, 0.1) is 13.8 Å². The highest BCUT2D eigenvalue weighted by Crippen LogP contribution is 2.21. The van der Waals surface area contributed by atoms with E-state index in [4.69, 9.17) is 0 Å². The number of hydrogen-bond acceptors (Lipinski definition) is 3. The number of amides is 1. The Hall–Kier alpha value is -1.40. The third-order valence-corrected chi connectivity index (χ3v) is 4.09. The average Bonchev–Trinajstić information content (AvgIpc) is 2.76. The fourth-order valence-electron chi connectivity index (χ4n) is 2.66. The number of nitrogens with one attached hydrogen (secondary N) is 1. The van der Waals surface area contributed by atoms with Gasteiger partial charge in [-0.2, -0.15) is 0 Å². The molecule has 106 valence electrons. The lowest BCUT2D eigenvalue weighted by Crippen LogP contribution is -2.46. The van der Waals surface area contributed by atoms with Crippen molar-refractivity contribution < 1.29 is 4.79 Å². The maximum atomic E-state index is 12.7. The highest BCUT2D eigenvalue weighted by Gasteiger charge is 2.24. The van der Waals surface area contributed by atoms with Crippen LogP contribution in [-0.4, -0.2) is 46.4 Å². The number of halogens is 1. The molecule has 2 aromatic rings. The Morgan fingerprint density at radius 3 is 2.75 bits per heavy atom. The number of aromatic nitrogens is 2. The number of rotatable bonds is 1. The van der Waals surface area contributed by atoms with Crippen LogP contribution in [0.5, 0.6) is 0 Å². The molecule has 1 N–H and O–H groups in total. The first kappa shape index (κ1) is 13.6. The molecular weight excluding hydrogens is 320 g/mol. The van der Waals surface area contributed by atoms with E-state index in [2.05, 4.69) is 26.2 Å². The number of piperazine rings is 1. The molecule has 0 aliphatic carbocycles. The molecule has 5 nitrogen and oxygen atoms in total. The minimum atomic E-state index is 0.0639. The zero-order valence-electron chi connectivity index (χ0n) is 11.6. The fraction of sp³-hybridized carbons (Fsp3) is 0.429. The topological polar surface area (TPSA) is 49.6 Å². The van der Waals surface area contributed by atoms with E-state index in [1.807, 2.05) is 35.4 Å². The molecule has 0 saturated carbocycles. The molecule has 1 amide bonds. The lowest BCUT2D eigenvalue weighted by atomic mass is 10.2. The first-order valence-electron chi connectivity index (χ1n) is 6.72. The van der Waals surface area contributed by atoms with Gasteiger partial charge in [-0.25, -0.2) is 4.98 Å². The number of aryl methyl sites for hydroxylation is 2. The van der Waals surface area contributed by atoms with E-state index in [1.165, 1.54) is 0 Å². The number of fused-ring (bicyclic) bond motifs is 1. The predicted molar refractivity (Wildman–Crippen MR) is 81.1 cm³/mol. The summed E-state index contributed by atoms with van der Waals surface area (Å²) in [5.74, 6) is 0.0639. The SMILES string of the molecule is Cc1nc2c(C)cc(Br)cn2c1C(=O)N1CCNCC1. The Labute approximate surface area is 126 Å². The number of carbonyl (C=O) groups is 1. The number of carbonyl (C=O) groups excluding carboxylic acids is 1. The zero-order valence-corrected chi connectivity index (χ0v) is 13.2. The summed E-state index contributed by atoms with van der Waals surface area (Å²) in [6.07, 6.45) is 1.91. The van der Waals surface area contributed by atoms with E-state index in [-0.39, 0.29) is 5.91 Å². The van der Waals surface area contributed by atoms with Crippen molar-refractivity contribution in [3.8, 4) is 0 Å². The van der Waals surface area contributed by atoms with E-state index in [0.29, 0.717) is 5.69 Å². The number of nitrogens with zero attached hydrogens (tertiary/aromatic N) is 3. The Bertz CT molecular complexity index is 673. The van der Waals surface area contributed by atoms with E-state index in [1.54, 1.807) is 0 Å². The minimum Gasteiger partial charge on any atom is -0.335 e. The van der Waals surface area contributed by atoms with Crippen LogP contribution in [0.4, 0.5) is 0 Å². The van der Waals surface area contributed by atoms with Crippen molar-refractivity contribution in [3.05, 3.63) is 33.7 Å². The summed E-state index contributed by atoms with van der Waals surface area (Å²) in [4.78, 5) is 19.2. The predicted octanol–water partition coefficient (Wildman–Crippen LogP) is 1.76. The first-order valence-corrected chi connectivity index (χ1v) is 7.52. The van der Waals surface area contributed by atoms with Gasteiger partial charge >= 0.3 is 0 Å². The molecule has 6 heteroatoms. The van der Waals surface area contributed by atoms with E-state index in [9.17, 15) is 4.79 Å². The average molecular weight is 337 g/mol. The van der Waals surface area contributed by atoms with Gasteiger partial charge in [0.1, 0.15) is 11.3 Å². The molecular formula is C14H17BrN4O. The molecule has 2 aromatic heterocycles. The van der Waals surface area contributed by atoms with Crippen molar-refractivity contribution in [2.24, 2.45) is 0 Å². The van der Waals surface area contributed by atoms with Crippen molar-refractivity contribution in [2.45, 2.75) is 13.8 Å². The molecule has 0 unspecified atom stereocenters. The normalized spacial score (nSPS) is 15.8. The zero-order chi connectivity index (χ0) is 14.3. The van der Waals surface area contributed by atoms with Gasteiger partial charge < -0.3 is 10.2 Å². The van der Waals surface area contributed by atoms with Crippen LogP contribution >= 0.6 is 15.9 Å². The molecule has 1 aliphatic rings. The summed E-state index contributed by atoms with van der Waals surface area (Å²) in [5, 5.41) is 3.26. The van der Waals surface area contributed by atoms with Gasteiger partial charge in [-0.1, -0.05) is 0 Å². The molecule has 20 heavy (non-hydrogen) atoms. The van der Waals surface area contributed by atoms with Crippen molar-refractivity contribution in [3.63, 3.8) is 0 Å². The molecule has 1 fully saturated rings. The number of hydrogen-bond donors (Lipinski definition) is 1. The van der Waals surface area contributed by atoms with Crippen molar-refractivity contribution >= 4 is 27.5 Å². The summed E-state index contributed by atoms with van der Waals surface area (Å²) < 4.78 is 2.85. The van der Waals surface area contributed by atoms with Crippen LogP contribution in [0.3, 0.4) is 0 Å². The summed E-state index contributed by atoms with van der Waals surface area (Å²) in [6, 6.07) is 2.01. The van der Waals surface area contributed by atoms with Gasteiger partial charge in [0, 0.05) is 36.8 Å². The van der Waals surface area contributed by atoms with Crippen molar-refractivity contribution in [1.82, 2.24) is 19.6 Å². The lowest BCUT2D eigenvalue weighted by Gasteiger charge is -2.27. The quantitative estimate of drug-likeness (QED) is 0.863. The van der Waals surface area contributed by atoms with Gasteiger partial charge in [0.25, 0.3) is 5.91 Å². The van der Waals surface area contributed by atoms with Gasteiger partial charge in [-0.3, -0.25) is 9.20 Å². The third-order valence-electron chi connectivity index (χ3n) is 3.65. The summed E-state index contributed by atoms with van der Waals surface area (Å²) in [5.41, 5.74) is 3.37. The molecule has 3 heterocycles. The molecule has 1 aliphatic heterocycles. The van der Waals surface area contributed by atoms with Gasteiger partial charge in [0.05, 0.1) is 5.69 Å². The molecule has 0 radical (unpaired) electrons. The standard InChI is InChI=1S/C14H17BrN4O/c1-9-7-11(15)8-19-12(10(2)17-13(9)19)14(20)18-5-3-16-4-6-18/h7-8,16H,3-6H2,1-2H3. The Balaban J connectivity index is 2.10. The van der Waals surface area contributed by atoms with Gasteiger partial charge in [-0.05, 0) is 41.4 Å². The van der Waals surface area contributed by atoms with Gasteiger partial charge in [-0.15, -0.1) is 0 Å². The highest BCUT2D eigenvalue weighted by molar-refractivity contribution is 9.10. The second kappa shape index (κ2) is 5.18. The monoisotopic (exact) mass is 336 g/mol. The van der Waals surface area contributed by atoms with Crippen molar-refractivity contribution in [1.29, 1.82) is 0 Å². The van der Waals surface area contributed by atoms with Crippen LogP contribution in [0.1, 0.15) is 21.7 Å². The van der Waals surface area contributed by atoms with Crippen LogP contribution in [0.15, 0.2) is 16.7 Å². The second-order valence-electron chi connectivity index (χ2n) is 5.12. The van der Waals surface area contributed by atoms with E-state index >= 15 is 0 Å². The molecule has 3 rings (SSSR count). The van der Waals surface area contributed by atoms with E-state index in [0.717, 1.165) is 47.6 Å². The summed E-state index contributed by atoms with van der Waals surface area (Å²) in [7, 11) is 0. The van der Waals surface area contributed by atoms with Gasteiger partial charge in [0.2, 0.25) is 0 Å². The molecule has 1 saturated heterocycles. The Morgan fingerprint density at radius 2 is 2.05 bits per heavy atom. The molecule has 0 spiro atoms. The number of pyridine rings is 1. The fourth-order valence-corrected chi connectivity index (χ4v) is 3.21. The first-order chi connectivity index (χ1) is 9.58. The smallest absolute Gasteiger partial charge is 0.272 e. The van der Waals surface area contributed by atoms with E-state index < -0.39 is 0 Å². The lowest BCUT2D eigenvalue weighted by molar-refractivity contribution is 0.0728. The van der Waals surface area contributed by atoms with Crippen LogP contribution in [0.2, 0.25) is 0 Å². The number of imidazole rings is 1. The van der Waals surface area contributed by atoms with Crippen LogP contribution in [0.25, 0.3) is 5.65 Å². The summed E-state index contributed by atoms with van der Waals surface area (Å²) in [6.45, 7) is 7.10. The van der Waals surface area contributed by atoms with Crippen molar-refractivity contribution in [2.75, 3.05) is 26.2 Å². The second-order valence-corrected chi connectivity index (χ2v) is 6.04. The Morgan fingerprint density at radius 1 is 1.35 bits per heavy atom. The minimum absolute atomic E-state index is 0.0639. The van der Waals surface area contributed by atoms with Crippen LogP contribution < -0.4 is 5.32 Å². The molecule has 0 atom stereocenters. The largest absolute Gasteiger partial charge is 0.335 e. The van der Waals surface area contributed by atoms with Crippen LogP contribution in [-0.2, 0) is 0 Å². The molecule has 0 bridgehead atoms. The maximum Gasteiger partial charge on any atom is 0.272 e. The summed E-state index contributed by atoms with van der Waals surface area (Å²) >= 11 is 3.49. The Kier molecular flexibility index (Phi) is 3.52. The third kappa shape index (κ3) is 2.23. The molecule has 0 aromatic carbocycles. The highest BCUT2D eigenvalue weighted by atomic mass is 79.9. The maximum absolute atomic E-state index is 12.7. The van der Waals surface area contributed by atoms with Gasteiger partial charge in [0.15, 0.2) is 0 Å².